The van der Waals surface area contributed by atoms with E-state index in [2.05, 4.69) is 85.1 Å². The lowest BCUT2D eigenvalue weighted by atomic mass is 9.99. The van der Waals surface area contributed by atoms with E-state index in [-0.39, 0.29) is 32.2 Å². The van der Waals surface area contributed by atoms with Crippen molar-refractivity contribution in [2.75, 3.05) is 68.7 Å². The zero-order valence-corrected chi connectivity index (χ0v) is 65.0. The van der Waals surface area contributed by atoms with E-state index in [4.69, 9.17) is 0 Å². The van der Waals surface area contributed by atoms with Crippen LogP contribution in [0.15, 0.2) is 0 Å². The van der Waals surface area contributed by atoms with Crippen molar-refractivity contribution in [3.05, 3.63) is 0 Å². The molecule has 0 saturated carbocycles. The van der Waals surface area contributed by atoms with E-state index in [0.717, 1.165) is 26.7 Å². The molecule has 0 spiro atoms. The normalized spacial score (nSPS) is 21.5. The Morgan fingerprint density at radius 2 is 0.804 bits per heavy atom. The number of amides is 11. The summed E-state index contributed by atoms with van der Waals surface area (Å²) in [5.74, 6) is -19.1. The molecule has 0 aromatic carbocycles. The zero-order chi connectivity index (χ0) is 81.8. The number of carbonyl (C=O) groups is 11. The Labute approximate surface area is 623 Å². The molecule has 620 valence electrons. The minimum Gasteiger partial charge on any atom is -0.391 e. The average Bonchev–Trinajstić information content (AvgIpc) is 1.17. The van der Waals surface area contributed by atoms with Gasteiger partial charge < -0.3 is 95.3 Å². The second kappa shape index (κ2) is 48.2. The van der Waals surface area contributed by atoms with Crippen molar-refractivity contribution < 1.29 is 128 Å². The van der Waals surface area contributed by atoms with Gasteiger partial charge in [0.15, 0.2) is 0 Å². The largest absolute Gasteiger partial charge is 0.391 e. The third-order valence-corrected chi connectivity index (χ3v) is 18.7. The molecule has 23 N–H and O–H groups in total. The monoisotopic (exact) mass is 1640 g/mol. The third-order valence-electron chi connectivity index (χ3n) is 15.9. The van der Waals surface area contributed by atoms with Crippen LogP contribution in [0.5, 0.6) is 0 Å². The Balaban J connectivity index is 4.33. The van der Waals surface area contributed by atoms with Gasteiger partial charge in [0.25, 0.3) is 50.6 Å². The van der Waals surface area contributed by atoms with Gasteiger partial charge in [-0.25, -0.2) is 0 Å². The van der Waals surface area contributed by atoms with E-state index in [1.807, 2.05) is 13.8 Å². The lowest BCUT2D eigenvalue weighted by Crippen LogP contribution is -2.62. The predicted molar refractivity (Wildman–Crippen MR) is 382 cm³/mol. The summed E-state index contributed by atoms with van der Waals surface area (Å²) in [7, 11) is -23.5. The smallest absolute Gasteiger partial charge is 0.278 e. The summed E-state index contributed by atoms with van der Waals surface area (Å²) in [5, 5.41) is 59.7. The molecule has 0 bridgehead atoms. The summed E-state index contributed by atoms with van der Waals surface area (Å²) in [4.78, 5) is 158. The minimum absolute atomic E-state index is 0.0847. The van der Waals surface area contributed by atoms with E-state index in [9.17, 15) is 128 Å². The first kappa shape index (κ1) is 98.4. The van der Waals surface area contributed by atoms with Crippen LogP contribution in [0.2, 0.25) is 0 Å². The molecule has 44 nitrogen and oxygen atoms in total. The summed E-state index contributed by atoms with van der Waals surface area (Å²) >= 11 is 0. The number of aliphatic hydroxyl groups excluding tert-OH is 2. The van der Waals surface area contributed by atoms with Crippen molar-refractivity contribution in [2.45, 2.75) is 211 Å². The van der Waals surface area contributed by atoms with Crippen molar-refractivity contribution in [1.29, 1.82) is 0 Å². The maximum absolute atomic E-state index is 14.9. The van der Waals surface area contributed by atoms with Crippen LogP contribution in [-0.4, -0.2) is 281 Å². The van der Waals surface area contributed by atoms with E-state index in [1.54, 1.807) is 27.7 Å². The maximum atomic E-state index is 14.9. The number of hydrogen-bond acceptors (Lipinski definition) is 28. The molecule has 1 fully saturated rings. The van der Waals surface area contributed by atoms with Crippen LogP contribution in [0, 0.1) is 17.8 Å². The van der Waals surface area contributed by atoms with Crippen molar-refractivity contribution in [1.82, 2.24) is 85.1 Å². The summed E-state index contributed by atoms with van der Waals surface area (Å²) < 4.78 is 163. The highest BCUT2D eigenvalue weighted by molar-refractivity contribution is 7.86. The summed E-state index contributed by atoms with van der Waals surface area (Å²) in [6.45, 7) is 9.25. The second-order valence-corrected chi connectivity index (χ2v) is 33.9. The molecule has 1 saturated heterocycles. The van der Waals surface area contributed by atoms with Crippen LogP contribution >= 0.6 is 0 Å². The van der Waals surface area contributed by atoms with E-state index in [1.165, 1.54) is 0 Å². The molecule has 13 atom stereocenters. The molecule has 1 aliphatic heterocycles. The Hall–Kier alpha value is -6.56. The molecule has 0 aliphatic carbocycles. The summed E-state index contributed by atoms with van der Waals surface area (Å²) in [5.41, 5.74) is 0. The van der Waals surface area contributed by atoms with E-state index >= 15 is 0 Å². The first-order valence-electron chi connectivity index (χ1n) is 34.4. The quantitative estimate of drug-likeness (QED) is 0.0199. The second-order valence-electron chi connectivity index (χ2n) is 26.7. The van der Waals surface area contributed by atoms with Gasteiger partial charge in [0, 0.05) is 13.0 Å². The number of rotatable bonds is 44. The van der Waals surface area contributed by atoms with Gasteiger partial charge in [-0.05, 0) is 122 Å². The highest BCUT2D eigenvalue weighted by Gasteiger charge is 2.38. The molecule has 0 radical (unpaired) electrons. The van der Waals surface area contributed by atoms with Gasteiger partial charge >= 0.3 is 0 Å². The Bertz CT molecular complexity index is 3520. The number of nitrogens with one attached hydrogen (secondary N) is 16. The van der Waals surface area contributed by atoms with Crippen LogP contribution < -0.4 is 85.1 Å². The molecular formula is C58H110N16O28S5. The fourth-order valence-electron chi connectivity index (χ4n) is 10.2. The highest BCUT2D eigenvalue weighted by Crippen LogP contribution is 2.15. The molecule has 0 unspecified atom stereocenters. The molecule has 107 heavy (non-hydrogen) atoms. The number of unbranched alkanes of at least 4 members (excludes halogenated alkanes) is 1. The van der Waals surface area contributed by atoms with E-state index in [0.29, 0.717) is 18.8 Å². The Morgan fingerprint density at radius 1 is 0.439 bits per heavy atom. The average molecular weight is 1640 g/mol. The van der Waals surface area contributed by atoms with Crippen LogP contribution in [0.3, 0.4) is 0 Å². The topological polar surface area (TPSA) is 693 Å². The van der Waals surface area contributed by atoms with Gasteiger partial charge in [-0.3, -0.25) is 75.5 Å². The lowest BCUT2D eigenvalue weighted by molar-refractivity contribution is -0.137. The van der Waals surface area contributed by atoms with Gasteiger partial charge in [-0.1, -0.05) is 60.8 Å². The molecule has 1 rings (SSSR count). The molecule has 11 amide bonds. The standard InChI is InChI=1S/C58H110N16O28S5/c1-9-35(6)12-10-11-13-46(77)65-38(14-20-59-28-103(88,89)90)53(82)74-48(37(8)76)58(87)70-41(17-23-62-31-106(97,98)99)50(79)68-43-19-25-64-57(86)47(36(7)75)73-54(83)42(18-24-63-32-107(100,101)102)67-49(78)39(15-21-60-29-104(91,92)93)69-55(84)44(26-33(2)3)72-56(85)45(27-34(4)5)71-52(81)40(66-51(43)80)16-22-61-30-105(94,95)96/h33-45,47-48,59-63,75-76H,9-32H2,1-8H3,(H,64,86)(H,65,77)(H,66,80)(H,67,78)(H,68,79)(H,69,84)(H,70,87)(H,71,81)(H,72,85)(H,73,83)(H,74,82)(H,88,89,90)(H,91,92,93)(H,94,95,96)(H,97,98,99)(H,100,101,102)/t35-,36-,37-,38-,39-,40-,41-,42-,43-,44-,45-,47-,48-/m1/s1. The first-order valence-corrected chi connectivity index (χ1v) is 42.4. The van der Waals surface area contributed by atoms with Crippen molar-refractivity contribution in [2.24, 2.45) is 17.8 Å². The van der Waals surface area contributed by atoms with Gasteiger partial charge in [0.1, 0.15) is 89.8 Å². The summed E-state index contributed by atoms with van der Waals surface area (Å²) in [6, 6.07) is -18.5. The highest BCUT2D eigenvalue weighted by atomic mass is 32.2. The van der Waals surface area contributed by atoms with Crippen molar-refractivity contribution >= 4 is 116 Å². The molecule has 0 aromatic rings. The Kier molecular flexibility index (Phi) is 44.3. The molecule has 0 aromatic heterocycles. The predicted octanol–water partition coefficient (Wildman–Crippen LogP) is -8.06. The first-order chi connectivity index (χ1) is 49.4. The summed E-state index contributed by atoms with van der Waals surface area (Å²) in [6.07, 6.45) is -5.23. The van der Waals surface area contributed by atoms with Gasteiger partial charge in [0.2, 0.25) is 65.0 Å². The van der Waals surface area contributed by atoms with Crippen molar-refractivity contribution in [3.63, 3.8) is 0 Å². The Morgan fingerprint density at radius 3 is 1.18 bits per heavy atom. The van der Waals surface area contributed by atoms with Crippen LogP contribution in [0.4, 0.5) is 0 Å². The number of aliphatic hydroxyl groups is 2. The molecule has 1 aliphatic rings. The molecular weight excluding hydrogens is 1530 g/mol. The van der Waals surface area contributed by atoms with Crippen LogP contribution in [0.25, 0.3) is 0 Å². The van der Waals surface area contributed by atoms with Crippen LogP contribution in [0.1, 0.15) is 139 Å². The van der Waals surface area contributed by atoms with Crippen molar-refractivity contribution in [3.8, 4) is 0 Å². The van der Waals surface area contributed by atoms with Gasteiger partial charge in [-0.2, -0.15) is 42.1 Å². The maximum Gasteiger partial charge on any atom is 0.278 e. The fraction of sp³-hybridized carbons (Fsp3) is 0.810. The SMILES string of the molecule is CC[C@@H](C)CCCCC(=O)N[C@H](CCNCS(=O)(=O)O)C(=O)N[C@@H](C(=O)N[C@H](CCNCS(=O)(=O)O)C(=O)N[C@@H]1CCNC(=O)[C@@H]([C@@H](C)O)NC(=O)[C@@H](CCNCS(=O)(=O)O)NC(=O)[C@@H](CCNCS(=O)(=O)O)NC(=O)[C@@H](CC(C)C)NC(=O)[C@@H](CC(C)C)NC(=O)[C@@H](CCNCS(=O)(=O)O)NC1=O)[C@@H](C)O. The van der Waals surface area contributed by atoms with E-state index < -0.39 is 294 Å². The lowest BCUT2D eigenvalue weighted by Gasteiger charge is -2.29. The molecule has 49 heteroatoms. The van der Waals surface area contributed by atoms with Crippen LogP contribution in [-0.2, 0) is 103 Å². The zero-order valence-electron chi connectivity index (χ0n) is 60.9. The fourth-order valence-corrected chi connectivity index (χ4v) is 12.2. The van der Waals surface area contributed by atoms with Gasteiger partial charge in [-0.15, -0.1) is 0 Å². The third kappa shape index (κ3) is 45.3. The van der Waals surface area contributed by atoms with Gasteiger partial charge in [0.05, 0.1) is 12.2 Å². The minimum atomic E-state index is -4.77. The number of hydrogen-bond donors (Lipinski definition) is 23. The number of carbonyl (C=O) groups excluding carboxylic acids is 11. The molecule has 1 heterocycles.